The lowest BCUT2D eigenvalue weighted by atomic mass is 9.63. The number of Topliss-reactive ketones (excluding diaryl/α,β-unsaturated/α-hetero) is 2. The van der Waals surface area contributed by atoms with Crippen LogP contribution in [-0.2, 0) is 21.0 Å². The lowest BCUT2D eigenvalue weighted by Crippen LogP contribution is -2.45. The van der Waals surface area contributed by atoms with Crippen molar-refractivity contribution >= 4 is 39.9 Å². The minimum atomic E-state index is -0.912. The summed E-state index contributed by atoms with van der Waals surface area (Å²) in [5.74, 6) is -0.947. The van der Waals surface area contributed by atoms with E-state index in [9.17, 15) is 19.5 Å². The summed E-state index contributed by atoms with van der Waals surface area (Å²) in [6.07, 6.45) is 1.87. The number of carboxylic acid groups (broad SMARTS) is 1. The predicted molar refractivity (Wildman–Crippen MR) is 172 cm³/mol. The van der Waals surface area contributed by atoms with Gasteiger partial charge in [-0.25, -0.2) is 0 Å². The van der Waals surface area contributed by atoms with Crippen LogP contribution in [0.4, 0.5) is 0 Å². The summed E-state index contributed by atoms with van der Waals surface area (Å²) in [7, 11) is 0. The Morgan fingerprint density at radius 2 is 1.50 bits per heavy atom. The van der Waals surface area contributed by atoms with Crippen LogP contribution in [0.2, 0.25) is 5.02 Å². The Kier molecular flexibility index (Phi) is 7.69. The van der Waals surface area contributed by atoms with Gasteiger partial charge in [0, 0.05) is 47.8 Å². The Bertz CT molecular complexity index is 1710. The molecule has 6 nitrogen and oxygen atoms in total. The number of halogens is 1. The van der Waals surface area contributed by atoms with E-state index in [2.05, 4.69) is 45.9 Å². The molecule has 1 N–H and O–H groups in total. The van der Waals surface area contributed by atoms with Crippen molar-refractivity contribution in [1.82, 2.24) is 4.90 Å². The normalized spacial score (nSPS) is 19.7. The molecule has 228 valence electrons. The molecule has 1 aliphatic heterocycles. The highest BCUT2D eigenvalue weighted by molar-refractivity contribution is 6.32. The molecule has 0 amide bonds. The van der Waals surface area contributed by atoms with E-state index in [0.717, 1.165) is 33.3 Å². The highest BCUT2D eigenvalue weighted by Crippen LogP contribution is 2.54. The predicted octanol–water partition coefficient (Wildman–Crippen LogP) is 8.23. The van der Waals surface area contributed by atoms with Gasteiger partial charge in [0.05, 0.1) is 11.4 Å². The van der Waals surface area contributed by atoms with Crippen molar-refractivity contribution < 1.29 is 24.2 Å². The zero-order chi connectivity index (χ0) is 31.4. The van der Waals surface area contributed by atoms with Crippen molar-refractivity contribution in [3.63, 3.8) is 0 Å². The Labute approximate surface area is 263 Å². The molecule has 0 atom stereocenters. The van der Waals surface area contributed by atoms with E-state index in [1.807, 2.05) is 47.4 Å². The van der Waals surface area contributed by atoms with Crippen molar-refractivity contribution in [2.75, 3.05) is 6.54 Å². The Balaban J connectivity index is 1.42. The van der Waals surface area contributed by atoms with Crippen LogP contribution in [0.15, 0.2) is 83.2 Å². The molecule has 3 aromatic carbocycles. The number of nitrogens with zero attached hydrogens (tertiary/aromatic N) is 1. The summed E-state index contributed by atoms with van der Waals surface area (Å²) >= 11 is 6.86. The largest absolute Gasteiger partial charge is 0.487 e. The van der Waals surface area contributed by atoms with Crippen LogP contribution in [0.25, 0.3) is 10.8 Å². The molecule has 3 aromatic rings. The first-order valence-electron chi connectivity index (χ1n) is 15.2. The average Bonchev–Trinajstić information content (AvgIpc) is 2.93. The second-order valence-electron chi connectivity index (χ2n) is 13.9. The van der Waals surface area contributed by atoms with E-state index >= 15 is 0 Å². The van der Waals surface area contributed by atoms with Crippen LogP contribution >= 0.6 is 11.6 Å². The monoisotopic (exact) mass is 611 g/mol. The van der Waals surface area contributed by atoms with Gasteiger partial charge in [0.25, 0.3) is 0 Å². The van der Waals surface area contributed by atoms with Gasteiger partial charge >= 0.3 is 5.97 Å². The molecule has 6 rings (SSSR count). The van der Waals surface area contributed by atoms with E-state index in [1.54, 1.807) is 0 Å². The molecule has 0 saturated carbocycles. The number of carbonyl (C=O) groups is 3. The Morgan fingerprint density at radius 3 is 2.11 bits per heavy atom. The van der Waals surface area contributed by atoms with Crippen molar-refractivity contribution in [3.8, 4) is 5.75 Å². The molecule has 0 saturated heterocycles. The van der Waals surface area contributed by atoms with Gasteiger partial charge in [0.15, 0.2) is 11.6 Å². The molecule has 0 fully saturated rings. The molecule has 0 aromatic heterocycles. The Morgan fingerprint density at radius 1 is 0.886 bits per heavy atom. The average molecular weight is 612 g/mol. The van der Waals surface area contributed by atoms with Crippen molar-refractivity contribution in [1.29, 1.82) is 0 Å². The van der Waals surface area contributed by atoms with Crippen LogP contribution in [0.5, 0.6) is 5.75 Å². The molecule has 2 aliphatic carbocycles. The summed E-state index contributed by atoms with van der Waals surface area (Å²) in [5.41, 5.74) is 4.13. The number of aliphatic carboxylic acids is 1. The lowest BCUT2D eigenvalue weighted by Gasteiger charge is -2.49. The molecule has 0 radical (unpaired) electrons. The first-order chi connectivity index (χ1) is 20.8. The fourth-order valence-electron chi connectivity index (χ4n) is 7.25. The van der Waals surface area contributed by atoms with Crippen LogP contribution in [0.1, 0.15) is 76.8 Å². The van der Waals surface area contributed by atoms with Gasteiger partial charge in [-0.2, -0.15) is 0 Å². The van der Waals surface area contributed by atoms with Crippen molar-refractivity contribution in [2.45, 2.75) is 72.3 Å². The summed E-state index contributed by atoms with van der Waals surface area (Å²) in [6.45, 7) is 8.83. The number of allylic oxidation sites excluding steroid dienone is 4. The molecular formula is C37H38ClNO5. The van der Waals surface area contributed by atoms with Gasteiger partial charge in [0.1, 0.15) is 12.4 Å². The second kappa shape index (κ2) is 11.2. The van der Waals surface area contributed by atoms with Gasteiger partial charge in [-0.15, -0.1) is 0 Å². The third-order valence-electron chi connectivity index (χ3n) is 9.12. The summed E-state index contributed by atoms with van der Waals surface area (Å²) in [4.78, 5) is 41.6. The quantitative estimate of drug-likeness (QED) is 0.290. The van der Waals surface area contributed by atoms with Gasteiger partial charge in [-0.1, -0.05) is 87.8 Å². The topological polar surface area (TPSA) is 83.9 Å². The summed E-state index contributed by atoms with van der Waals surface area (Å²) in [5, 5.41) is 12.2. The second-order valence-corrected chi connectivity index (χ2v) is 14.4. The van der Waals surface area contributed by atoms with E-state index < -0.39 is 11.9 Å². The van der Waals surface area contributed by atoms with Crippen molar-refractivity contribution in [3.05, 3.63) is 99.4 Å². The number of hydrogen-bond acceptors (Lipinski definition) is 5. The third kappa shape index (κ3) is 5.68. The van der Waals surface area contributed by atoms with E-state index in [-0.39, 0.29) is 35.4 Å². The highest BCUT2D eigenvalue weighted by atomic mass is 35.5. The first-order valence-corrected chi connectivity index (χ1v) is 15.6. The number of ether oxygens (including phenoxy) is 1. The minimum Gasteiger partial charge on any atom is -0.487 e. The number of ketones is 2. The van der Waals surface area contributed by atoms with Crippen LogP contribution in [-0.4, -0.2) is 34.1 Å². The highest BCUT2D eigenvalue weighted by Gasteiger charge is 2.49. The number of carbonyl (C=O) groups excluding carboxylic acids is 2. The molecule has 1 heterocycles. The van der Waals surface area contributed by atoms with Gasteiger partial charge in [-0.05, 0) is 57.7 Å². The van der Waals surface area contributed by atoms with Gasteiger partial charge < -0.3 is 14.7 Å². The third-order valence-corrected chi connectivity index (χ3v) is 9.42. The molecule has 0 unspecified atom stereocenters. The first kappa shape index (κ1) is 30.1. The number of rotatable bonds is 7. The number of benzene rings is 3. The van der Waals surface area contributed by atoms with E-state index in [4.69, 9.17) is 16.3 Å². The number of hydrogen-bond donors (Lipinski definition) is 1. The molecular weight excluding hydrogens is 574 g/mol. The Hall–Kier alpha value is -3.90. The maximum Gasteiger partial charge on any atom is 0.305 e. The summed E-state index contributed by atoms with van der Waals surface area (Å²) in [6, 6.07) is 19.8. The van der Waals surface area contributed by atoms with E-state index in [0.29, 0.717) is 54.2 Å². The zero-order valence-corrected chi connectivity index (χ0v) is 26.5. The van der Waals surface area contributed by atoms with Crippen LogP contribution < -0.4 is 4.74 Å². The van der Waals surface area contributed by atoms with E-state index in [1.165, 1.54) is 0 Å². The number of fused-ring (bicyclic) bond motifs is 1. The maximum absolute atomic E-state index is 13.9. The molecule has 44 heavy (non-hydrogen) atoms. The minimum absolute atomic E-state index is 0.00170. The van der Waals surface area contributed by atoms with Gasteiger partial charge in [0.2, 0.25) is 0 Å². The summed E-state index contributed by atoms with van der Waals surface area (Å²) < 4.78 is 6.20. The fraction of sp³-hybridized carbons (Fsp3) is 0.378. The molecule has 7 heteroatoms. The molecule has 3 aliphatic rings. The van der Waals surface area contributed by atoms with Crippen LogP contribution in [0.3, 0.4) is 0 Å². The van der Waals surface area contributed by atoms with Gasteiger partial charge in [-0.3, -0.25) is 14.4 Å². The number of carboxylic acids is 1. The van der Waals surface area contributed by atoms with Crippen LogP contribution in [0, 0.1) is 10.8 Å². The standard InChI is InChI=1S/C37H38ClNO5/c1-36(2)17-27-34(29(40)19-36)33(35-28(39(27)15-14-32(42)43)18-37(3,4)20-30(35)41)23-12-13-31(26(38)16-23)44-21-24-10-7-9-22-8-5-6-11-25(22)24/h5-13,16,33H,14-15,17-21H2,1-4H3,(H,42,43). The molecule has 0 bridgehead atoms. The SMILES string of the molecule is CC1(C)CC(=O)C2=C(C1)N(CCC(=O)O)C1=C(C(=O)CC(C)(C)C1)C2c1ccc(OCc2cccc3ccccc23)c(Cl)c1. The molecule has 0 spiro atoms. The smallest absolute Gasteiger partial charge is 0.305 e. The zero-order valence-electron chi connectivity index (χ0n) is 25.7. The van der Waals surface area contributed by atoms with Crippen molar-refractivity contribution in [2.24, 2.45) is 10.8 Å². The maximum atomic E-state index is 13.9. The lowest BCUT2D eigenvalue weighted by molar-refractivity contribution is -0.137. The fourth-order valence-corrected chi connectivity index (χ4v) is 7.49.